The predicted molar refractivity (Wildman–Crippen MR) is 75.0 cm³/mol. The molecule has 1 saturated heterocycles. The largest absolute Gasteiger partial charge is 0.481 e. The molecule has 1 aliphatic rings. The van der Waals surface area contributed by atoms with E-state index in [2.05, 4.69) is 15.9 Å². The molecule has 19 heavy (non-hydrogen) atoms. The van der Waals surface area contributed by atoms with E-state index in [1.54, 1.807) is 11.0 Å². The van der Waals surface area contributed by atoms with Crippen LogP contribution >= 0.6 is 15.9 Å². The van der Waals surface area contributed by atoms with E-state index in [4.69, 9.17) is 5.11 Å². The smallest absolute Gasteiger partial charge is 0.306 e. The number of halogens is 1. The second kappa shape index (κ2) is 5.74. The Morgan fingerprint density at radius 3 is 2.63 bits per heavy atom. The molecule has 5 heteroatoms. The van der Waals surface area contributed by atoms with Gasteiger partial charge in [-0.25, -0.2) is 0 Å². The molecule has 0 spiro atoms. The zero-order chi connectivity index (χ0) is 14.0. The SMILES string of the molecule is CC1CC(C(=O)O)CCN1C(=O)c1ccccc1Br. The second-order valence-electron chi connectivity index (χ2n) is 4.89. The van der Waals surface area contributed by atoms with E-state index in [0.717, 1.165) is 4.47 Å². The Balaban J connectivity index is 2.13. The molecule has 1 heterocycles. The van der Waals surface area contributed by atoms with Crippen LogP contribution in [0.4, 0.5) is 0 Å². The highest BCUT2D eigenvalue weighted by Crippen LogP contribution is 2.26. The summed E-state index contributed by atoms with van der Waals surface area (Å²) in [5.74, 6) is -1.14. The lowest BCUT2D eigenvalue weighted by molar-refractivity contribution is -0.143. The Kier molecular flexibility index (Phi) is 4.24. The fraction of sp³-hybridized carbons (Fsp3) is 0.429. The van der Waals surface area contributed by atoms with Crippen molar-refractivity contribution in [1.29, 1.82) is 0 Å². The van der Waals surface area contributed by atoms with Crippen molar-refractivity contribution in [3.05, 3.63) is 34.3 Å². The van der Waals surface area contributed by atoms with Crippen molar-refractivity contribution in [2.75, 3.05) is 6.54 Å². The highest BCUT2D eigenvalue weighted by molar-refractivity contribution is 9.10. The van der Waals surface area contributed by atoms with E-state index >= 15 is 0 Å². The molecule has 0 bridgehead atoms. The van der Waals surface area contributed by atoms with Crippen molar-refractivity contribution >= 4 is 27.8 Å². The van der Waals surface area contributed by atoms with Gasteiger partial charge in [-0.2, -0.15) is 0 Å². The van der Waals surface area contributed by atoms with E-state index in [1.807, 2.05) is 25.1 Å². The second-order valence-corrected chi connectivity index (χ2v) is 5.74. The zero-order valence-electron chi connectivity index (χ0n) is 10.7. The van der Waals surface area contributed by atoms with Gasteiger partial charge in [-0.15, -0.1) is 0 Å². The third-order valence-corrected chi connectivity index (χ3v) is 4.28. The van der Waals surface area contributed by atoms with Crippen LogP contribution in [0.3, 0.4) is 0 Å². The fourth-order valence-electron chi connectivity index (χ4n) is 2.49. The van der Waals surface area contributed by atoms with E-state index in [9.17, 15) is 9.59 Å². The van der Waals surface area contributed by atoms with Crippen LogP contribution in [0.1, 0.15) is 30.1 Å². The third kappa shape index (κ3) is 2.97. The minimum atomic E-state index is -0.764. The van der Waals surface area contributed by atoms with Gasteiger partial charge in [0.2, 0.25) is 0 Å². The first-order valence-corrected chi connectivity index (χ1v) is 7.08. The van der Waals surface area contributed by atoms with Crippen molar-refractivity contribution < 1.29 is 14.7 Å². The summed E-state index contributed by atoms with van der Waals surface area (Å²) in [6.07, 6.45) is 1.04. The molecule has 1 aromatic rings. The molecule has 1 amide bonds. The number of carbonyl (C=O) groups excluding carboxylic acids is 1. The lowest BCUT2D eigenvalue weighted by Gasteiger charge is -2.36. The Morgan fingerprint density at radius 1 is 1.37 bits per heavy atom. The van der Waals surface area contributed by atoms with Crippen molar-refractivity contribution in [1.82, 2.24) is 4.90 Å². The number of carboxylic acids is 1. The molecule has 1 fully saturated rings. The fourth-order valence-corrected chi connectivity index (χ4v) is 2.94. The number of hydrogen-bond acceptors (Lipinski definition) is 2. The number of hydrogen-bond donors (Lipinski definition) is 1. The average molecular weight is 326 g/mol. The molecule has 2 atom stereocenters. The van der Waals surface area contributed by atoms with Crippen LogP contribution in [0.5, 0.6) is 0 Å². The molecule has 2 unspecified atom stereocenters. The summed E-state index contributed by atoms with van der Waals surface area (Å²) in [6, 6.07) is 7.26. The van der Waals surface area contributed by atoms with Crippen LogP contribution in [0, 0.1) is 5.92 Å². The Bertz CT molecular complexity index is 503. The first kappa shape index (κ1) is 14.1. The standard InChI is InChI=1S/C14H16BrNO3/c1-9-8-10(14(18)19)6-7-16(9)13(17)11-4-2-3-5-12(11)15/h2-5,9-10H,6-8H2,1H3,(H,18,19). The maximum atomic E-state index is 12.5. The van der Waals surface area contributed by atoms with Gasteiger partial charge >= 0.3 is 5.97 Å². The third-order valence-electron chi connectivity index (χ3n) is 3.59. The predicted octanol–water partition coefficient (Wildman–Crippen LogP) is 2.77. The van der Waals surface area contributed by atoms with E-state index in [-0.39, 0.29) is 17.9 Å². The van der Waals surface area contributed by atoms with Gasteiger partial charge in [0.1, 0.15) is 0 Å². The van der Waals surface area contributed by atoms with Gasteiger partial charge < -0.3 is 10.0 Å². The first-order chi connectivity index (χ1) is 9.00. The Labute approximate surface area is 120 Å². The monoisotopic (exact) mass is 325 g/mol. The van der Waals surface area contributed by atoms with Crippen molar-refractivity contribution in [3.63, 3.8) is 0 Å². The number of carbonyl (C=O) groups is 2. The van der Waals surface area contributed by atoms with Crippen LogP contribution in [0.15, 0.2) is 28.7 Å². The first-order valence-electron chi connectivity index (χ1n) is 6.29. The van der Waals surface area contributed by atoms with Gasteiger partial charge in [-0.3, -0.25) is 9.59 Å². The number of rotatable bonds is 2. The highest BCUT2D eigenvalue weighted by Gasteiger charge is 2.32. The molecule has 2 rings (SSSR count). The molecule has 1 aliphatic heterocycles. The minimum absolute atomic E-state index is 0.0381. The molecule has 0 saturated carbocycles. The van der Waals surface area contributed by atoms with Crippen LogP contribution in [-0.4, -0.2) is 34.5 Å². The molecule has 0 aliphatic carbocycles. The Hall–Kier alpha value is -1.36. The molecular weight excluding hydrogens is 310 g/mol. The number of amides is 1. The molecule has 102 valence electrons. The maximum absolute atomic E-state index is 12.5. The van der Waals surface area contributed by atoms with Crippen molar-refractivity contribution in [2.24, 2.45) is 5.92 Å². The Morgan fingerprint density at radius 2 is 2.05 bits per heavy atom. The summed E-state index contributed by atoms with van der Waals surface area (Å²) in [7, 11) is 0. The summed E-state index contributed by atoms with van der Waals surface area (Å²) in [5.41, 5.74) is 0.628. The normalized spacial score (nSPS) is 23.2. The molecule has 0 radical (unpaired) electrons. The summed E-state index contributed by atoms with van der Waals surface area (Å²) < 4.78 is 0.771. The van der Waals surface area contributed by atoms with Crippen LogP contribution in [-0.2, 0) is 4.79 Å². The molecule has 0 aromatic heterocycles. The molecule has 4 nitrogen and oxygen atoms in total. The summed E-state index contributed by atoms with van der Waals surface area (Å²) in [5, 5.41) is 9.03. The summed E-state index contributed by atoms with van der Waals surface area (Å²) in [4.78, 5) is 25.2. The van der Waals surface area contributed by atoms with Gasteiger partial charge in [0, 0.05) is 17.1 Å². The number of likely N-dealkylation sites (tertiary alicyclic amines) is 1. The van der Waals surface area contributed by atoms with Gasteiger partial charge in [0.05, 0.1) is 11.5 Å². The molecular formula is C14H16BrNO3. The number of carboxylic acid groups (broad SMARTS) is 1. The molecule has 1 aromatic carbocycles. The summed E-state index contributed by atoms with van der Waals surface area (Å²) in [6.45, 7) is 2.40. The minimum Gasteiger partial charge on any atom is -0.481 e. The number of benzene rings is 1. The number of aliphatic carboxylic acids is 1. The van der Waals surface area contributed by atoms with E-state index in [0.29, 0.717) is 24.9 Å². The van der Waals surface area contributed by atoms with Crippen LogP contribution in [0.25, 0.3) is 0 Å². The van der Waals surface area contributed by atoms with Crippen LogP contribution in [0.2, 0.25) is 0 Å². The van der Waals surface area contributed by atoms with E-state index in [1.165, 1.54) is 0 Å². The topological polar surface area (TPSA) is 57.6 Å². The maximum Gasteiger partial charge on any atom is 0.306 e. The van der Waals surface area contributed by atoms with Crippen LogP contribution < -0.4 is 0 Å². The lowest BCUT2D eigenvalue weighted by Crippen LogP contribution is -2.46. The van der Waals surface area contributed by atoms with Gasteiger partial charge in [0.15, 0.2) is 0 Å². The van der Waals surface area contributed by atoms with E-state index < -0.39 is 5.97 Å². The van der Waals surface area contributed by atoms with Gasteiger partial charge in [-0.05, 0) is 47.8 Å². The number of nitrogens with zero attached hydrogens (tertiary/aromatic N) is 1. The zero-order valence-corrected chi connectivity index (χ0v) is 12.3. The molecule has 1 N–H and O–H groups in total. The van der Waals surface area contributed by atoms with Crippen molar-refractivity contribution in [3.8, 4) is 0 Å². The van der Waals surface area contributed by atoms with Gasteiger partial charge in [0.25, 0.3) is 5.91 Å². The van der Waals surface area contributed by atoms with Gasteiger partial charge in [-0.1, -0.05) is 12.1 Å². The average Bonchev–Trinajstić information content (AvgIpc) is 2.38. The lowest BCUT2D eigenvalue weighted by atomic mass is 9.91. The summed E-state index contributed by atoms with van der Waals surface area (Å²) >= 11 is 3.38. The highest BCUT2D eigenvalue weighted by atomic mass is 79.9. The van der Waals surface area contributed by atoms with Crippen molar-refractivity contribution in [2.45, 2.75) is 25.8 Å². The quantitative estimate of drug-likeness (QED) is 0.909. The number of piperidine rings is 1.